The molecule has 0 bridgehead atoms. The summed E-state index contributed by atoms with van der Waals surface area (Å²) in [6.45, 7) is 6.38. The van der Waals surface area contributed by atoms with E-state index < -0.39 is 6.10 Å². The van der Waals surface area contributed by atoms with E-state index in [4.69, 9.17) is 14.2 Å². The molecule has 0 aromatic heterocycles. The predicted octanol–water partition coefficient (Wildman–Crippen LogP) is 22.4. The van der Waals surface area contributed by atoms with Crippen LogP contribution in [0, 0.1) is 0 Å². The van der Waals surface area contributed by atoms with Gasteiger partial charge in [0.05, 0.1) is 0 Å². The molecular weight excluding hydrogens is 961 g/mol. The van der Waals surface area contributed by atoms with Crippen molar-refractivity contribution in [3.05, 3.63) is 122 Å². The molecule has 0 aromatic rings. The van der Waals surface area contributed by atoms with E-state index >= 15 is 0 Å². The van der Waals surface area contributed by atoms with Crippen molar-refractivity contribution in [1.29, 1.82) is 0 Å². The molecular formula is C72H120O6. The molecule has 0 rings (SSSR count). The third-order valence-corrected chi connectivity index (χ3v) is 13.7. The Morgan fingerprint density at radius 1 is 0.269 bits per heavy atom. The SMILES string of the molecule is CC/C=C\C/C=C\C/C=C\C/C=C\C/C=C\C/C=C\CCCCCCCCCCCCCCCCC(=O)OCC(COC(=O)CCCCCCCCCC)OC(=O)CCCCCCCC/C=C\C/C=C\C/C=C\C/C=C\CC. The maximum Gasteiger partial charge on any atom is 0.306 e. The Balaban J connectivity index is 4.13. The lowest BCUT2D eigenvalue weighted by molar-refractivity contribution is -0.167. The highest BCUT2D eigenvalue weighted by Gasteiger charge is 2.19. The molecule has 0 aromatic carbocycles. The smallest absolute Gasteiger partial charge is 0.306 e. The lowest BCUT2D eigenvalue weighted by Gasteiger charge is -2.18. The van der Waals surface area contributed by atoms with Crippen LogP contribution in [0.1, 0.15) is 297 Å². The zero-order valence-electron chi connectivity index (χ0n) is 50.9. The molecule has 1 unspecified atom stereocenters. The number of esters is 3. The first kappa shape index (κ1) is 73.8. The monoisotopic (exact) mass is 1080 g/mol. The van der Waals surface area contributed by atoms with Crippen LogP contribution < -0.4 is 0 Å². The number of carbonyl (C=O) groups is 3. The summed E-state index contributed by atoms with van der Waals surface area (Å²) < 4.78 is 16.8. The second-order valence-electron chi connectivity index (χ2n) is 21.3. The van der Waals surface area contributed by atoms with Crippen molar-refractivity contribution in [1.82, 2.24) is 0 Å². The van der Waals surface area contributed by atoms with Crippen LogP contribution in [0.2, 0.25) is 0 Å². The third-order valence-electron chi connectivity index (χ3n) is 13.7. The van der Waals surface area contributed by atoms with Crippen LogP contribution in [-0.2, 0) is 28.6 Å². The number of ether oxygens (including phenoxy) is 3. The summed E-state index contributed by atoms with van der Waals surface area (Å²) in [7, 11) is 0. The molecule has 0 N–H and O–H groups in total. The van der Waals surface area contributed by atoms with Crippen LogP contribution in [0.25, 0.3) is 0 Å². The lowest BCUT2D eigenvalue weighted by atomic mass is 10.0. The average molecular weight is 1080 g/mol. The van der Waals surface area contributed by atoms with Gasteiger partial charge in [0, 0.05) is 19.3 Å². The molecule has 6 nitrogen and oxygen atoms in total. The summed E-state index contributed by atoms with van der Waals surface area (Å²) in [6.07, 6.45) is 90.9. The van der Waals surface area contributed by atoms with Crippen molar-refractivity contribution in [2.24, 2.45) is 0 Å². The van der Waals surface area contributed by atoms with Gasteiger partial charge in [-0.15, -0.1) is 0 Å². The molecule has 78 heavy (non-hydrogen) atoms. The lowest BCUT2D eigenvalue weighted by Crippen LogP contribution is -2.30. The molecule has 6 heteroatoms. The molecule has 0 aliphatic carbocycles. The van der Waals surface area contributed by atoms with Crippen LogP contribution >= 0.6 is 0 Å². The minimum Gasteiger partial charge on any atom is -0.462 e. The first-order valence-electron chi connectivity index (χ1n) is 32.5. The Bertz CT molecular complexity index is 1620. The van der Waals surface area contributed by atoms with Gasteiger partial charge in [0.15, 0.2) is 6.10 Å². The Hall–Kier alpha value is -4.19. The summed E-state index contributed by atoms with van der Waals surface area (Å²) >= 11 is 0. The highest BCUT2D eigenvalue weighted by Crippen LogP contribution is 2.16. The van der Waals surface area contributed by atoms with Gasteiger partial charge in [-0.05, 0) is 109 Å². The Labute approximate surface area is 482 Å². The number of rotatable bonds is 58. The standard InChI is InChI=1S/C72H120O6/c1-4-7-10-13-16-19-21-23-25-27-29-30-31-32-33-34-35-36-37-38-39-40-41-42-44-45-47-49-51-53-56-59-62-65-71(74)77-68-69(67-76-70(73)64-61-58-55-18-15-12-9-6-3)78-72(75)66-63-60-57-54-52-50-48-46-43-28-26-24-22-20-17-14-11-8-5-2/h7-8,10-11,16-17,19-20,23-26,29-30,32-33,35-36,43,46,69H,4-6,9,12-15,18,21-22,27-28,31,34,37-42,44-45,47-68H2,1-3H3/b10-7-,11-8-,19-16-,20-17-,25-23-,26-24-,30-29-,33-32-,36-35-,46-43-. The highest BCUT2D eigenvalue weighted by atomic mass is 16.6. The third kappa shape index (κ3) is 62.7. The van der Waals surface area contributed by atoms with Gasteiger partial charge in [-0.2, -0.15) is 0 Å². The van der Waals surface area contributed by atoms with Gasteiger partial charge in [-0.1, -0.05) is 290 Å². The van der Waals surface area contributed by atoms with E-state index in [1.54, 1.807) is 0 Å². The van der Waals surface area contributed by atoms with Gasteiger partial charge in [-0.25, -0.2) is 0 Å². The fourth-order valence-corrected chi connectivity index (χ4v) is 8.91. The second-order valence-corrected chi connectivity index (χ2v) is 21.3. The number of carbonyl (C=O) groups excluding carboxylic acids is 3. The van der Waals surface area contributed by atoms with E-state index in [9.17, 15) is 14.4 Å². The fourth-order valence-electron chi connectivity index (χ4n) is 8.91. The quantitative estimate of drug-likeness (QED) is 0.0261. The molecule has 0 fully saturated rings. The maximum absolute atomic E-state index is 12.9. The van der Waals surface area contributed by atoms with Gasteiger partial charge in [0.1, 0.15) is 13.2 Å². The first-order valence-corrected chi connectivity index (χ1v) is 32.5. The van der Waals surface area contributed by atoms with Crippen LogP contribution in [0.5, 0.6) is 0 Å². The van der Waals surface area contributed by atoms with E-state index in [1.165, 1.54) is 122 Å². The van der Waals surface area contributed by atoms with Gasteiger partial charge < -0.3 is 14.2 Å². The fraction of sp³-hybridized carbons (Fsp3) is 0.681. The van der Waals surface area contributed by atoms with Gasteiger partial charge in [0.2, 0.25) is 0 Å². The van der Waals surface area contributed by atoms with Gasteiger partial charge in [0.25, 0.3) is 0 Å². The van der Waals surface area contributed by atoms with Crippen molar-refractivity contribution < 1.29 is 28.6 Å². The number of allylic oxidation sites excluding steroid dienone is 20. The number of hydrogen-bond acceptors (Lipinski definition) is 6. The zero-order chi connectivity index (χ0) is 56.4. The minimum absolute atomic E-state index is 0.0829. The maximum atomic E-state index is 12.9. The molecule has 444 valence electrons. The Morgan fingerprint density at radius 3 is 0.782 bits per heavy atom. The largest absolute Gasteiger partial charge is 0.462 e. The molecule has 0 spiro atoms. The van der Waals surface area contributed by atoms with Crippen molar-refractivity contribution >= 4 is 17.9 Å². The van der Waals surface area contributed by atoms with Gasteiger partial charge in [-0.3, -0.25) is 14.4 Å². The van der Waals surface area contributed by atoms with E-state index in [0.29, 0.717) is 19.3 Å². The van der Waals surface area contributed by atoms with Gasteiger partial charge >= 0.3 is 17.9 Å². The van der Waals surface area contributed by atoms with Crippen LogP contribution in [0.4, 0.5) is 0 Å². The number of unbranched alkanes of at least 4 members (excludes halogenated alkanes) is 27. The topological polar surface area (TPSA) is 78.9 Å². The molecule has 0 radical (unpaired) electrons. The van der Waals surface area contributed by atoms with Crippen molar-refractivity contribution in [3.63, 3.8) is 0 Å². The Morgan fingerprint density at radius 2 is 0.500 bits per heavy atom. The summed E-state index contributed by atoms with van der Waals surface area (Å²) in [5, 5.41) is 0. The van der Waals surface area contributed by atoms with Crippen LogP contribution in [0.3, 0.4) is 0 Å². The molecule has 0 aliphatic heterocycles. The van der Waals surface area contributed by atoms with E-state index in [-0.39, 0.29) is 31.1 Å². The minimum atomic E-state index is -0.785. The molecule has 0 aliphatic rings. The van der Waals surface area contributed by atoms with E-state index in [0.717, 1.165) is 135 Å². The molecule has 0 heterocycles. The Kier molecular flexibility index (Phi) is 61.8. The summed E-state index contributed by atoms with van der Waals surface area (Å²) in [5.41, 5.74) is 0. The van der Waals surface area contributed by atoms with Crippen molar-refractivity contribution in [2.45, 2.75) is 303 Å². The molecule has 0 saturated heterocycles. The van der Waals surface area contributed by atoms with Crippen LogP contribution in [-0.4, -0.2) is 37.2 Å². The summed E-state index contributed by atoms with van der Waals surface area (Å²) in [5.74, 6) is -0.896. The van der Waals surface area contributed by atoms with E-state index in [2.05, 4.69) is 142 Å². The second kappa shape index (κ2) is 65.3. The zero-order valence-corrected chi connectivity index (χ0v) is 50.9. The number of hydrogen-bond donors (Lipinski definition) is 0. The first-order chi connectivity index (χ1) is 38.5. The van der Waals surface area contributed by atoms with Crippen LogP contribution in [0.15, 0.2) is 122 Å². The van der Waals surface area contributed by atoms with E-state index in [1.807, 2.05) is 0 Å². The molecule has 0 amide bonds. The summed E-state index contributed by atoms with van der Waals surface area (Å²) in [6, 6.07) is 0. The highest BCUT2D eigenvalue weighted by molar-refractivity contribution is 5.71. The van der Waals surface area contributed by atoms with Crippen molar-refractivity contribution in [2.75, 3.05) is 13.2 Å². The van der Waals surface area contributed by atoms with Crippen molar-refractivity contribution in [3.8, 4) is 0 Å². The average Bonchev–Trinajstić information content (AvgIpc) is 3.44. The molecule has 0 saturated carbocycles. The normalized spacial score (nSPS) is 12.9. The summed E-state index contributed by atoms with van der Waals surface area (Å²) in [4.78, 5) is 38.1. The predicted molar refractivity (Wildman–Crippen MR) is 339 cm³/mol. The molecule has 1 atom stereocenters.